The van der Waals surface area contributed by atoms with Crippen molar-refractivity contribution in [1.82, 2.24) is 0 Å². The predicted octanol–water partition coefficient (Wildman–Crippen LogP) is 1.52. The molecule has 4 nitrogen and oxygen atoms in total. The highest BCUT2D eigenvalue weighted by molar-refractivity contribution is 7.91. The van der Waals surface area contributed by atoms with Gasteiger partial charge in [-0.3, -0.25) is 4.79 Å². The van der Waals surface area contributed by atoms with Crippen LogP contribution in [0.5, 0.6) is 0 Å². The monoisotopic (exact) mass is 266 g/mol. The van der Waals surface area contributed by atoms with E-state index in [-0.39, 0.29) is 5.75 Å². The largest absolute Gasteiger partial charge is 0.481 e. The maximum Gasteiger partial charge on any atom is 0.314 e. The van der Waals surface area contributed by atoms with Gasteiger partial charge >= 0.3 is 5.97 Å². The number of hydrogen-bond acceptors (Lipinski definition) is 3. The summed E-state index contributed by atoms with van der Waals surface area (Å²) in [6.45, 7) is 0. The molecule has 0 aromatic heterocycles. The first-order valence-corrected chi connectivity index (χ1v) is 7.70. The molecule has 0 bridgehead atoms. The Kier molecular flexibility index (Phi) is 2.32. The van der Waals surface area contributed by atoms with Gasteiger partial charge < -0.3 is 5.11 Å². The van der Waals surface area contributed by atoms with Gasteiger partial charge in [-0.2, -0.15) is 0 Å². The maximum atomic E-state index is 11.9. The average Bonchev–Trinajstić information content (AvgIpc) is 3.09. The van der Waals surface area contributed by atoms with Crippen molar-refractivity contribution in [1.29, 1.82) is 0 Å². The molecule has 1 aromatic carbocycles. The molecule has 1 aromatic rings. The van der Waals surface area contributed by atoms with Crippen LogP contribution in [0.2, 0.25) is 0 Å². The quantitative estimate of drug-likeness (QED) is 0.881. The van der Waals surface area contributed by atoms with Gasteiger partial charge in [-0.15, -0.1) is 0 Å². The summed E-state index contributed by atoms with van der Waals surface area (Å²) in [5.74, 6) is -0.607. The van der Waals surface area contributed by atoms with Gasteiger partial charge in [0, 0.05) is 0 Å². The first-order chi connectivity index (χ1) is 8.46. The van der Waals surface area contributed by atoms with Gasteiger partial charge in [0.1, 0.15) is 0 Å². The van der Waals surface area contributed by atoms with E-state index < -0.39 is 21.2 Å². The third kappa shape index (κ3) is 1.57. The molecule has 1 aliphatic carbocycles. The molecular weight excluding hydrogens is 252 g/mol. The Bertz CT molecular complexity index is 626. The summed E-state index contributed by atoms with van der Waals surface area (Å²) in [7, 11) is -3.15. The number of aryl methyl sites for hydroxylation is 1. The number of hydrogen-bond donors (Lipinski definition) is 1. The summed E-state index contributed by atoms with van der Waals surface area (Å²) >= 11 is 0. The molecule has 0 radical (unpaired) electrons. The van der Waals surface area contributed by atoms with Crippen molar-refractivity contribution in [3.05, 3.63) is 29.3 Å². The number of carbonyl (C=O) groups is 1. The summed E-state index contributed by atoms with van der Waals surface area (Å²) in [5, 5.41) is 9.25. The maximum absolute atomic E-state index is 11.9. The second-order valence-electron chi connectivity index (χ2n) is 5.13. The van der Waals surface area contributed by atoms with Crippen molar-refractivity contribution < 1.29 is 18.3 Å². The number of fused-ring (bicyclic) bond motifs is 1. The Morgan fingerprint density at radius 3 is 2.61 bits per heavy atom. The van der Waals surface area contributed by atoms with Gasteiger partial charge in [-0.25, -0.2) is 8.42 Å². The van der Waals surface area contributed by atoms with E-state index in [9.17, 15) is 18.3 Å². The highest BCUT2D eigenvalue weighted by Crippen LogP contribution is 2.49. The van der Waals surface area contributed by atoms with Crippen LogP contribution in [0.1, 0.15) is 30.4 Å². The molecule has 0 unspecified atom stereocenters. The number of aliphatic carboxylic acids is 1. The molecule has 1 saturated carbocycles. The van der Waals surface area contributed by atoms with Crippen LogP contribution >= 0.6 is 0 Å². The van der Waals surface area contributed by atoms with Crippen LogP contribution in [0.4, 0.5) is 0 Å². The second-order valence-corrected chi connectivity index (χ2v) is 7.21. The summed E-state index contributed by atoms with van der Waals surface area (Å²) in [6.07, 6.45) is 2.64. The van der Waals surface area contributed by atoms with Crippen LogP contribution in [0.15, 0.2) is 23.1 Å². The van der Waals surface area contributed by atoms with Crippen molar-refractivity contribution in [3.8, 4) is 0 Å². The molecule has 0 atom stereocenters. The standard InChI is InChI=1S/C13H14O4S/c14-12(15)13(5-6-13)10-3-4-11-9(8-10)2-1-7-18(11,16)17/h3-4,8H,1-2,5-7H2,(H,14,15). The fraction of sp³-hybridized carbons (Fsp3) is 0.462. The van der Waals surface area contributed by atoms with Crippen molar-refractivity contribution in [3.63, 3.8) is 0 Å². The molecule has 1 heterocycles. The van der Waals surface area contributed by atoms with Gasteiger partial charge in [-0.05, 0) is 42.9 Å². The topological polar surface area (TPSA) is 71.4 Å². The SMILES string of the molecule is O=C(O)C1(c2ccc3c(c2)CCCS3(=O)=O)CC1. The van der Waals surface area contributed by atoms with Gasteiger partial charge in [-0.1, -0.05) is 12.1 Å². The number of carboxylic acids is 1. The lowest BCUT2D eigenvalue weighted by Crippen LogP contribution is -2.21. The van der Waals surface area contributed by atoms with Gasteiger partial charge in [0.05, 0.1) is 16.1 Å². The Morgan fingerprint density at radius 2 is 2.00 bits per heavy atom. The molecule has 3 rings (SSSR count). The number of rotatable bonds is 2. The van der Waals surface area contributed by atoms with E-state index >= 15 is 0 Å². The molecule has 5 heteroatoms. The third-order valence-electron chi connectivity index (χ3n) is 3.97. The molecule has 96 valence electrons. The fourth-order valence-electron chi connectivity index (χ4n) is 2.69. The van der Waals surface area contributed by atoms with Crippen molar-refractivity contribution in [2.24, 2.45) is 0 Å². The molecular formula is C13H14O4S. The number of carboxylic acid groups (broad SMARTS) is 1. The number of benzene rings is 1. The molecule has 0 spiro atoms. The summed E-state index contributed by atoms with van der Waals surface area (Å²) in [4.78, 5) is 11.6. The Balaban J connectivity index is 2.10. The van der Waals surface area contributed by atoms with Crippen LogP contribution < -0.4 is 0 Å². The highest BCUT2D eigenvalue weighted by Gasteiger charge is 2.52. The number of sulfone groups is 1. The van der Waals surface area contributed by atoms with E-state index in [1.54, 1.807) is 18.2 Å². The fourth-order valence-corrected chi connectivity index (χ4v) is 4.27. The molecule has 1 N–H and O–H groups in total. The molecule has 1 aliphatic heterocycles. The first-order valence-electron chi connectivity index (χ1n) is 6.05. The molecule has 18 heavy (non-hydrogen) atoms. The van der Waals surface area contributed by atoms with Crippen LogP contribution in [-0.2, 0) is 26.5 Å². The molecule has 0 saturated heterocycles. The lowest BCUT2D eigenvalue weighted by Gasteiger charge is -2.19. The molecule has 2 aliphatic rings. The normalized spacial score (nSPS) is 23.1. The Morgan fingerprint density at radius 1 is 1.28 bits per heavy atom. The van der Waals surface area contributed by atoms with Gasteiger partial charge in [0.25, 0.3) is 0 Å². The van der Waals surface area contributed by atoms with E-state index in [0.717, 1.165) is 17.5 Å². The highest BCUT2D eigenvalue weighted by atomic mass is 32.2. The van der Waals surface area contributed by atoms with Crippen molar-refractivity contribution in [2.75, 3.05) is 5.75 Å². The Labute approximate surface area is 106 Å². The third-order valence-corrected chi connectivity index (χ3v) is 5.86. The van der Waals surface area contributed by atoms with E-state index in [4.69, 9.17) is 0 Å². The molecule has 0 amide bonds. The minimum Gasteiger partial charge on any atom is -0.481 e. The van der Waals surface area contributed by atoms with Crippen LogP contribution in [0.25, 0.3) is 0 Å². The predicted molar refractivity (Wildman–Crippen MR) is 65.4 cm³/mol. The van der Waals surface area contributed by atoms with E-state index in [1.807, 2.05) is 0 Å². The van der Waals surface area contributed by atoms with Gasteiger partial charge in [0.15, 0.2) is 9.84 Å². The van der Waals surface area contributed by atoms with E-state index in [2.05, 4.69) is 0 Å². The van der Waals surface area contributed by atoms with Crippen molar-refractivity contribution in [2.45, 2.75) is 36.0 Å². The average molecular weight is 266 g/mol. The smallest absolute Gasteiger partial charge is 0.314 e. The van der Waals surface area contributed by atoms with Crippen LogP contribution in [0, 0.1) is 0 Å². The van der Waals surface area contributed by atoms with Gasteiger partial charge in [0.2, 0.25) is 0 Å². The lowest BCUT2D eigenvalue weighted by molar-refractivity contribution is -0.140. The van der Waals surface area contributed by atoms with E-state index in [1.165, 1.54) is 0 Å². The molecule has 1 fully saturated rings. The minimum absolute atomic E-state index is 0.198. The zero-order valence-corrected chi connectivity index (χ0v) is 10.7. The lowest BCUT2D eigenvalue weighted by atomic mass is 9.93. The van der Waals surface area contributed by atoms with Crippen molar-refractivity contribution >= 4 is 15.8 Å². The zero-order valence-electron chi connectivity index (χ0n) is 9.85. The van der Waals surface area contributed by atoms with E-state index in [0.29, 0.717) is 24.2 Å². The van der Waals surface area contributed by atoms with Crippen LogP contribution in [-0.4, -0.2) is 25.2 Å². The van der Waals surface area contributed by atoms with Crippen LogP contribution in [0.3, 0.4) is 0 Å². The summed E-state index contributed by atoms with van der Waals surface area (Å²) < 4.78 is 23.7. The second kappa shape index (κ2) is 3.57. The summed E-state index contributed by atoms with van der Waals surface area (Å²) in [6, 6.07) is 5.04. The minimum atomic E-state index is -3.15. The Hall–Kier alpha value is -1.36. The first kappa shape index (κ1) is 11.7. The zero-order chi connectivity index (χ0) is 13.0. The summed E-state index contributed by atoms with van der Waals surface area (Å²) in [5.41, 5.74) is 0.785.